The van der Waals surface area contributed by atoms with E-state index in [0.29, 0.717) is 12.2 Å². The molecule has 0 aliphatic rings. The first-order valence-corrected chi connectivity index (χ1v) is 7.43. The van der Waals surface area contributed by atoms with Crippen LogP contribution in [0.25, 0.3) is 10.2 Å². The first kappa shape index (κ1) is 14.7. The van der Waals surface area contributed by atoms with Crippen molar-refractivity contribution in [3.8, 4) is 0 Å². The van der Waals surface area contributed by atoms with Crippen LogP contribution >= 0.6 is 11.3 Å². The molecule has 20 heavy (non-hydrogen) atoms. The lowest BCUT2D eigenvalue weighted by molar-refractivity contribution is -0.142. The topological polar surface area (TPSA) is 75.1 Å². The molecule has 0 fully saturated rings. The van der Waals surface area contributed by atoms with Gasteiger partial charge in [-0.3, -0.25) is 0 Å². The Morgan fingerprint density at radius 2 is 2.15 bits per heavy atom. The summed E-state index contributed by atoms with van der Waals surface area (Å²) in [5, 5.41) is 13.5. The number of nitrogens with one attached hydrogen (secondary N) is 1. The van der Waals surface area contributed by atoms with Gasteiger partial charge in [-0.1, -0.05) is 13.3 Å². The van der Waals surface area contributed by atoms with E-state index in [-0.39, 0.29) is 0 Å². The van der Waals surface area contributed by atoms with E-state index < -0.39 is 11.5 Å². The Bertz CT molecular complexity index is 653. The van der Waals surface area contributed by atoms with Crippen LogP contribution in [0.2, 0.25) is 0 Å². The van der Waals surface area contributed by atoms with Gasteiger partial charge in [0.1, 0.15) is 22.5 Å². The summed E-state index contributed by atoms with van der Waals surface area (Å²) >= 11 is 1.60. The van der Waals surface area contributed by atoms with Crippen LogP contribution in [0.1, 0.15) is 37.1 Å². The molecule has 0 aromatic carbocycles. The smallest absolute Gasteiger partial charge is 0.329 e. The summed E-state index contributed by atoms with van der Waals surface area (Å²) in [4.78, 5) is 22.1. The molecule has 5 nitrogen and oxygen atoms in total. The molecule has 0 saturated carbocycles. The third kappa shape index (κ3) is 2.47. The standard InChI is InChI=1S/C14H19N3O2S/c1-5-6-14(4,13(18)19)17-11-10-8(2)9(3)20-12(10)16-7-15-11/h7H,5-6H2,1-4H3,(H,18,19)(H,15,16,17). The Morgan fingerprint density at radius 1 is 1.45 bits per heavy atom. The highest BCUT2D eigenvalue weighted by Crippen LogP contribution is 2.34. The van der Waals surface area contributed by atoms with Crippen molar-refractivity contribution in [2.45, 2.75) is 46.1 Å². The zero-order chi connectivity index (χ0) is 14.9. The highest BCUT2D eigenvalue weighted by atomic mass is 32.1. The molecule has 2 N–H and O–H groups in total. The van der Waals surface area contributed by atoms with Gasteiger partial charge in [0.15, 0.2) is 0 Å². The van der Waals surface area contributed by atoms with E-state index in [9.17, 15) is 9.90 Å². The summed E-state index contributed by atoms with van der Waals surface area (Å²) < 4.78 is 0. The van der Waals surface area contributed by atoms with Crippen LogP contribution < -0.4 is 5.32 Å². The number of rotatable bonds is 5. The Labute approximate surface area is 122 Å². The molecule has 0 spiro atoms. The molecule has 108 valence electrons. The number of hydrogen-bond donors (Lipinski definition) is 2. The van der Waals surface area contributed by atoms with Gasteiger partial charge < -0.3 is 10.4 Å². The molecular weight excluding hydrogens is 274 g/mol. The van der Waals surface area contributed by atoms with Crippen LogP contribution in [0.15, 0.2) is 6.33 Å². The van der Waals surface area contributed by atoms with Crippen molar-refractivity contribution in [3.63, 3.8) is 0 Å². The number of anilines is 1. The predicted molar refractivity (Wildman–Crippen MR) is 81.5 cm³/mol. The summed E-state index contributed by atoms with van der Waals surface area (Å²) in [7, 11) is 0. The second-order valence-electron chi connectivity index (χ2n) is 5.20. The number of aryl methyl sites for hydroxylation is 2. The average molecular weight is 293 g/mol. The molecule has 0 bridgehead atoms. The Balaban J connectivity index is 2.50. The van der Waals surface area contributed by atoms with Crippen molar-refractivity contribution in [3.05, 3.63) is 16.8 Å². The van der Waals surface area contributed by atoms with E-state index in [1.807, 2.05) is 20.8 Å². The molecule has 2 aromatic rings. The highest BCUT2D eigenvalue weighted by molar-refractivity contribution is 7.18. The fourth-order valence-electron chi connectivity index (χ4n) is 2.26. The van der Waals surface area contributed by atoms with Crippen molar-refractivity contribution >= 4 is 33.3 Å². The first-order valence-electron chi connectivity index (χ1n) is 6.61. The first-order chi connectivity index (χ1) is 9.39. The molecule has 2 rings (SSSR count). The zero-order valence-electron chi connectivity index (χ0n) is 12.1. The van der Waals surface area contributed by atoms with Crippen LogP contribution in [0.4, 0.5) is 5.82 Å². The third-order valence-electron chi connectivity index (χ3n) is 3.58. The molecule has 6 heteroatoms. The van der Waals surface area contributed by atoms with Crippen LogP contribution in [0, 0.1) is 13.8 Å². The number of hydrogen-bond acceptors (Lipinski definition) is 5. The Hall–Kier alpha value is -1.69. The fraction of sp³-hybridized carbons (Fsp3) is 0.500. The van der Waals surface area contributed by atoms with E-state index in [2.05, 4.69) is 15.3 Å². The highest BCUT2D eigenvalue weighted by Gasteiger charge is 2.33. The van der Waals surface area contributed by atoms with E-state index in [1.165, 1.54) is 11.2 Å². The van der Waals surface area contributed by atoms with E-state index in [4.69, 9.17) is 0 Å². The van der Waals surface area contributed by atoms with Gasteiger partial charge in [-0.15, -0.1) is 11.3 Å². The molecule has 0 aliphatic carbocycles. The number of carboxylic acid groups (broad SMARTS) is 1. The normalized spacial score (nSPS) is 14.2. The van der Waals surface area contributed by atoms with Crippen LogP contribution in [-0.4, -0.2) is 26.6 Å². The van der Waals surface area contributed by atoms with Crippen molar-refractivity contribution < 1.29 is 9.90 Å². The number of carboxylic acids is 1. The minimum Gasteiger partial charge on any atom is -0.480 e. The van der Waals surface area contributed by atoms with Gasteiger partial charge in [0.25, 0.3) is 0 Å². The average Bonchev–Trinajstić information content (AvgIpc) is 2.66. The predicted octanol–water partition coefficient (Wildman–Crippen LogP) is 3.36. The monoisotopic (exact) mass is 293 g/mol. The van der Waals surface area contributed by atoms with E-state index in [1.54, 1.807) is 18.3 Å². The molecule has 0 saturated heterocycles. The minimum atomic E-state index is -1.02. The number of fused-ring (bicyclic) bond motifs is 1. The second kappa shape index (κ2) is 5.36. The van der Waals surface area contributed by atoms with Gasteiger partial charge in [0, 0.05) is 4.88 Å². The Kier molecular flexibility index (Phi) is 3.94. The molecule has 2 heterocycles. The maximum atomic E-state index is 11.5. The summed E-state index contributed by atoms with van der Waals surface area (Å²) in [6.07, 6.45) is 2.80. The number of aromatic nitrogens is 2. The molecule has 0 radical (unpaired) electrons. The lowest BCUT2D eigenvalue weighted by atomic mass is 9.96. The molecule has 2 aromatic heterocycles. The summed E-state index contributed by atoms with van der Waals surface area (Å²) in [6, 6.07) is 0. The summed E-state index contributed by atoms with van der Waals surface area (Å²) in [5.74, 6) is -0.258. The maximum absolute atomic E-state index is 11.5. The Morgan fingerprint density at radius 3 is 2.75 bits per heavy atom. The minimum absolute atomic E-state index is 0.538. The van der Waals surface area contributed by atoms with Gasteiger partial charge in [0.2, 0.25) is 0 Å². The third-order valence-corrected chi connectivity index (χ3v) is 4.70. The SMILES string of the molecule is CCCC(C)(Nc1ncnc2sc(C)c(C)c12)C(=O)O. The molecular formula is C14H19N3O2S. The lowest BCUT2D eigenvalue weighted by Crippen LogP contribution is -2.43. The van der Waals surface area contributed by atoms with Gasteiger partial charge in [-0.25, -0.2) is 14.8 Å². The number of thiophene rings is 1. The summed E-state index contributed by atoms with van der Waals surface area (Å²) in [5.41, 5.74) is 0.0931. The van der Waals surface area contributed by atoms with Crippen molar-refractivity contribution in [1.82, 2.24) is 9.97 Å². The van der Waals surface area contributed by atoms with Crippen LogP contribution in [0.3, 0.4) is 0 Å². The van der Waals surface area contributed by atoms with Gasteiger partial charge in [0.05, 0.1) is 5.39 Å². The fourth-order valence-corrected chi connectivity index (χ4v) is 3.26. The van der Waals surface area contributed by atoms with Gasteiger partial charge >= 0.3 is 5.97 Å². The largest absolute Gasteiger partial charge is 0.480 e. The number of nitrogens with zero attached hydrogens (tertiary/aromatic N) is 2. The molecule has 0 amide bonds. The molecule has 0 aliphatic heterocycles. The zero-order valence-corrected chi connectivity index (χ0v) is 13.0. The summed E-state index contributed by atoms with van der Waals surface area (Å²) in [6.45, 7) is 7.72. The van der Waals surface area contributed by atoms with Crippen LogP contribution in [-0.2, 0) is 4.79 Å². The number of aliphatic carboxylic acids is 1. The van der Waals surface area contributed by atoms with Gasteiger partial charge in [-0.2, -0.15) is 0 Å². The molecule has 1 unspecified atom stereocenters. The van der Waals surface area contributed by atoms with E-state index >= 15 is 0 Å². The second-order valence-corrected chi connectivity index (χ2v) is 6.40. The maximum Gasteiger partial charge on any atom is 0.329 e. The van der Waals surface area contributed by atoms with Crippen molar-refractivity contribution in [2.24, 2.45) is 0 Å². The van der Waals surface area contributed by atoms with Crippen molar-refractivity contribution in [1.29, 1.82) is 0 Å². The molecule has 1 atom stereocenters. The van der Waals surface area contributed by atoms with Crippen LogP contribution in [0.5, 0.6) is 0 Å². The number of carbonyl (C=O) groups is 1. The van der Waals surface area contributed by atoms with E-state index in [0.717, 1.165) is 22.2 Å². The lowest BCUT2D eigenvalue weighted by Gasteiger charge is -2.26. The van der Waals surface area contributed by atoms with Gasteiger partial charge in [-0.05, 0) is 32.8 Å². The quantitative estimate of drug-likeness (QED) is 0.884. The van der Waals surface area contributed by atoms with Crippen molar-refractivity contribution in [2.75, 3.05) is 5.32 Å².